The Hall–Kier alpha value is -2.50. The van der Waals surface area contributed by atoms with Crippen molar-refractivity contribution in [1.29, 1.82) is 0 Å². The third-order valence-electron chi connectivity index (χ3n) is 3.72. The molecule has 2 N–H and O–H groups in total. The summed E-state index contributed by atoms with van der Waals surface area (Å²) in [5.74, 6) is -0.668. The van der Waals surface area contributed by atoms with Gasteiger partial charge in [-0.2, -0.15) is 0 Å². The van der Waals surface area contributed by atoms with Crippen LogP contribution in [-0.4, -0.2) is 35.3 Å². The second-order valence-corrected chi connectivity index (χ2v) is 6.39. The number of aromatic nitrogens is 1. The highest BCUT2D eigenvalue weighted by Crippen LogP contribution is 2.29. The quantitative estimate of drug-likeness (QED) is 0.717. The molecule has 2 amide bonds. The number of rotatable bonds is 4. The number of hydrogen-bond acceptors (Lipinski definition) is 2. The van der Waals surface area contributed by atoms with Gasteiger partial charge in [0.05, 0.1) is 22.3 Å². The van der Waals surface area contributed by atoms with E-state index < -0.39 is 0 Å². The minimum atomic E-state index is -0.387. The van der Waals surface area contributed by atoms with Crippen molar-refractivity contribution in [2.75, 3.05) is 18.9 Å². The lowest BCUT2D eigenvalue weighted by molar-refractivity contribution is -0.116. The maximum atomic E-state index is 12.5. The van der Waals surface area contributed by atoms with E-state index in [2.05, 4.69) is 10.3 Å². The summed E-state index contributed by atoms with van der Waals surface area (Å²) in [5, 5.41) is 4.25. The summed E-state index contributed by atoms with van der Waals surface area (Å²) < 4.78 is 0. The van der Waals surface area contributed by atoms with Crippen molar-refractivity contribution in [1.82, 2.24) is 9.88 Å². The summed E-state index contributed by atoms with van der Waals surface area (Å²) in [6, 6.07) is 14.3. The molecule has 25 heavy (non-hydrogen) atoms. The Balaban J connectivity index is 1.69. The molecule has 0 saturated heterocycles. The van der Waals surface area contributed by atoms with Crippen LogP contribution in [0.15, 0.2) is 48.5 Å². The van der Waals surface area contributed by atoms with Gasteiger partial charge in [-0.05, 0) is 24.3 Å². The van der Waals surface area contributed by atoms with Gasteiger partial charge in [0.25, 0.3) is 5.91 Å². The summed E-state index contributed by atoms with van der Waals surface area (Å²) in [6.45, 7) is -0.129. The number of anilines is 1. The zero-order chi connectivity index (χ0) is 18.0. The molecule has 0 unspecified atom stereocenters. The van der Waals surface area contributed by atoms with Crippen molar-refractivity contribution < 1.29 is 9.59 Å². The first-order valence-electron chi connectivity index (χ1n) is 7.53. The van der Waals surface area contributed by atoms with Crippen LogP contribution in [0, 0.1) is 0 Å². The van der Waals surface area contributed by atoms with Crippen molar-refractivity contribution >= 4 is 51.6 Å². The van der Waals surface area contributed by atoms with Crippen LogP contribution >= 0.6 is 23.2 Å². The molecular formula is C18H15Cl2N3O2. The van der Waals surface area contributed by atoms with Gasteiger partial charge in [-0.15, -0.1) is 0 Å². The Morgan fingerprint density at radius 1 is 1.08 bits per heavy atom. The third-order valence-corrected chi connectivity index (χ3v) is 4.34. The summed E-state index contributed by atoms with van der Waals surface area (Å²) in [7, 11) is 1.56. The van der Waals surface area contributed by atoms with E-state index in [1.54, 1.807) is 31.3 Å². The fourth-order valence-corrected chi connectivity index (χ4v) is 2.97. The molecule has 7 heteroatoms. The molecule has 1 heterocycles. The van der Waals surface area contributed by atoms with Crippen LogP contribution in [-0.2, 0) is 4.79 Å². The Morgan fingerprint density at radius 3 is 2.44 bits per heavy atom. The fourth-order valence-electron chi connectivity index (χ4n) is 2.48. The number of nitrogens with one attached hydrogen (secondary N) is 2. The molecule has 0 aliphatic heterocycles. The predicted octanol–water partition coefficient (Wildman–Crippen LogP) is 4.19. The average molecular weight is 376 g/mol. The smallest absolute Gasteiger partial charge is 0.270 e. The lowest BCUT2D eigenvalue weighted by atomic mass is 10.2. The van der Waals surface area contributed by atoms with Crippen LogP contribution in [0.1, 0.15) is 10.5 Å². The van der Waals surface area contributed by atoms with Crippen molar-refractivity contribution in [3.8, 4) is 0 Å². The summed E-state index contributed by atoms with van der Waals surface area (Å²) in [4.78, 5) is 29.1. The second-order valence-electron chi connectivity index (χ2n) is 5.58. The molecule has 3 rings (SSSR count). The van der Waals surface area contributed by atoms with Crippen molar-refractivity contribution in [3.63, 3.8) is 0 Å². The van der Waals surface area contributed by atoms with Gasteiger partial charge in [0, 0.05) is 18.0 Å². The number of aromatic amines is 1. The van der Waals surface area contributed by atoms with Gasteiger partial charge in [0.1, 0.15) is 5.69 Å². The third kappa shape index (κ3) is 3.78. The molecule has 3 aromatic rings. The normalized spacial score (nSPS) is 10.7. The molecule has 0 fully saturated rings. The monoisotopic (exact) mass is 375 g/mol. The Labute approximate surface area is 154 Å². The highest BCUT2D eigenvalue weighted by molar-refractivity contribution is 6.39. The number of para-hydroxylation sites is 2. The van der Waals surface area contributed by atoms with E-state index in [4.69, 9.17) is 23.2 Å². The van der Waals surface area contributed by atoms with Gasteiger partial charge in [0.2, 0.25) is 5.91 Å². The minimum Gasteiger partial charge on any atom is -0.351 e. The van der Waals surface area contributed by atoms with Crippen LogP contribution in [0.3, 0.4) is 0 Å². The van der Waals surface area contributed by atoms with Crippen LogP contribution in [0.5, 0.6) is 0 Å². The Morgan fingerprint density at radius 2 is 1.76 bits per heavy atom. The maximum absolute atomic E-state index is 12.5. The maximum Gasteiger partial charge on any atom is 0.270 e. The first-order valence-corrected chi connectivity index (χ1v) is 8.28. The number of fused-ring (bicyclic) bond motifs is 1. The van der Waals surface area contributed by atoms with Gasteiger partial charge < -0.3 is 15.2 Å². The lowest BCUT2D eigenvalue weighted by Crippen LogP contribution is -2.35. The number of benzene rings is 2. The topological polar surface area (TPSA) is 65.2 Å². The Bertz CT molecular complexity index is 899. The van der Waals surface area contributed by atoms with E-state index >= 15 is 0 Å². The van der Waals surface area contributed by atoms with E-state index in [9.17, 15) is 9.59 Å². The van der Waals surface area contributed by atoms with E-state index in [-0.39, 0.29) is 18.4 Å². The number of likely N-dealkylation sites (N-methyl/N-ethyl adjacent to an activating group) is 1. The van der Waals surface area contributed by atoms with E-state index in [0.717, 1.165) is 10.9 Å². The molecule has 2 aromatic carbocycles. The fraction of sp³-hybridized carbons (Fsp3) is 0.111. The van der Waals surface area contributed by atoms with Crippen LogP contribution in [0.25, 0.3) is 10.9 Å². The summed E-state index contributed by atoms with van der Waals surface area (Å²) >= 11 is 12.1. The first-order chi connectivity index (χ1) is 12.0. The van der Waals surface area contributed by atoms with Crippen LogP contribution in [0.2, 0.25) is 10.0 Å². The van der Waals surface area contributed by atoms with Crippen molar-refractivity contribution in [3.05, 3.63) is 64.3 Å². The molecule has 5 nitrogen and oxygen atoms in total. The number of halogens is 2. The number of carbonyl (C=O) groups excluding carboxylic acids is 2. The van der Waals surface area contributed by atoms with E-state index in [1.807, 2.05) is 24.3 Å². The molecule has 0 saturated carbocycles. The summed E-state index contributed by atoms with van der Waals surface area (Å²) in [5.41, 5.74) is 1.63. The predicted molar refractivity (Wildman–Crippen MR) is 100 cm³/mol. The van der Waals surface area contributed by atoms with Crippen LogP contribution < -0.4 is 5.32 Å². The van der Waals surface area contributed by atoms with Gasteiger partial charge in [-0.1, -0.05) is 47.5 Å². The molecule has 1 aromatic heterocycles. The number of amides is 2. The molecule has 0 bridgehead atoms. The van der Waals surface area contributed by atoms with Gasteiger partial charge in [0.15, 0.2) is 0 Å². The van der Waals surface area contributed by atoms with E-state index in [1.165, 1.54) is 4.90 Å². The molecule has 0 atom stereocenters. The van der Waals surface area contributed by atoms with Gasteiger partial charge >= 0.3 is 0 Å². The highest BCUT2D eigenvalue weighted by Gasteiger charge is 2.18. The number of nitrogens with zero attached hydrogens (tertiary/aromatic N) is 1. The zero-order valence-corrected chi connectivity index (χ0v) is 14.9. The average Bonchev–Trinajstić information content (AvgIpc) is 3.01. The molecular weight excluding hydrogens is 361 g/mol. The number of carbonyl (C=O) groups is 2. The van der Waals surface area contributed by atoms with Crippen LogP contribution in [0.4, 0.5) is 5.69 Å². The highest BCUT2D eigenvalue weighted by atomic mass is 35.5. The number of H-pyrrole nitrogens is 1. The standard InChI is InChI=1S/C18H15Cl2N3O2/c1-23(10-16(24)22-17-12(19)6-4-7-13(17)20)18(25)15-9-11-5-2-3-8-14(11)21-15/h2-9,21H,10H2,1H3,(H,22,24). The molecule has 128 valence electrons. The Kier molecular flexibility index (Phi) is 4.97. The molecule has 0 aliphatic rings. The van der Waals surface area contributed by atoms with Crippen molar-refractivity contribution in [2.45, 2.75) is 0 Å². The largest absolute Gasteiger partial charge is 0.351 e. The lowest BCUT2D eigenvalue weighted by Gasteiger charge is -2.16. The van der Waals surface area contributed by atoms with Gasteiger partial charge in [-0.25, -0.2) is 0 Å². The SMILES string of the molecule is CN(CC(=O)Nc1c(Cl)cccc1Cl)C(=O)c1cc2ccccc2[nH]1. The second kappa shape index (κ2) is 7.17. The van der Waals surface area contributed by atoms with Crippen molar-refractivity contribution in [2.24, 2.45) is 0 Å². The van der Waals surface area contributed by atoms with E-state index in [0.29, 0.717) is 21.4 Å². The molecule has 0 spiro atoms. The van der Waals surface area contributed by atoms with Gasteiger partial charge in [-0.3, -0.25) is 9.59 Å². The zero-order valence-electron chi connectivity index (χ0n) is 13.3. The number of hydrogen-bond donors (Lipinski definition) is 2. The summed E-state index contributed by atoms with van der Waals surface area (Å²) in [6.07, 6.45) is 0. The first kappa shape index (κ1) is 17.3. The molecule has 0 radical (unpaired) electrons. The molecule has 0 aliphatic carbocycles. The minimum absolute atomic E-state index is 0.129.